The fraction of sp³-hybridized carbons (Fsp3) is 0.906. The molecule has 0 spiro atoms. The molecular formula is C32H82O13Si12. The van der Waals surface area contributed by atoms with Gasteiger partial charge in [-0.15, -0.1) is 0 Å². The number of esters is 1. The molecule has 2 saturated heterocycles. The zero-order valence-electron chi connectivity index (χ0n) is 39.3. The third-order valence-corrected chi connectivity index (χ3v) is 57.8. The average Bonchev–Trinajstić information content (AvgIpc) is 2.96. The van der Waals surface area contributed by atoms with Gasteiger partial charge in [0.25, 0.3) is 10.0 Å². The van der Waals surface area contributed by atoms with Gasteiger partial charge >= 0.3 is 74.5 Å². The van der Waals surface area contributed by atoms with Crippen molar-refractivity contribution in [3.8, 4) is 0 Å². The third-order valence-electron chi connectivity index (χ3n) is 10.0. The lowest BCUT2D eigenvalue weighted by molar-refractivity contribution is -0.138. The Morgan fingerprint density at radius 3 is 1.44 bits per heavy atom. The summed E-state index contributed by atoms with van der Waals surface area (Å²) in [6.45, 7) is 44.3. The third kappa shape index (κ3) is 20.2. The maximum atomic E-state index is 11.9. The van der Waals surface area contributed by atoms with Gasteiger partial charge < -0.3 is 50.7 Å². The standard InChI is InChI=1S/C32H82O13Si12/c1-21-53(16)36-46-37-54(17,45-57(20,44-53)28-25-47(4,5)34)29-26-48(6,7)38-50(10,11)39-49(8,9)27-30-56(19)42-51(12,13)40-55(18,41-52(14,15)43-56)24-22-23-35-32(33)31(2)3/h34H,2,21-30,46H2,1,3-20H3. The first-order valence-corrected chi connectivity index (χ1v) is 52.4. The molecule has 336 valence electrons. The van der Waals surface area contributed by atoms with Crippen LogP contribution in [-0.2, 0) is 50.7 Å². The quantitative estimate of drug-likeness (QED) is 0.0572. The highest BCUT2D eigenvalue weighted by atomic mass is 28.5. The van der Waals surface area contributed by atoms with Gasteiger partial charge in [-0.3, -0.25) is 0 Å². The smallest absolute Gasteiger partial charge is 0.333 e. The Morgan fingerprint density at radius 1 is 0.614 bits per heavy atom. The molecule has 0 aliphatic carbocycles. The van der Waals surface area contributed by atoms with Crippen molar-refractivity contribution in [2.24, 2.45) is 0 Å². The van der Waals surface area contributed by atoms with Gasteiger partial charge in [-0.1, -0.05) is 13.5 Å². The molecule has 25 heteroatoms. The van der Waals surface area contributed by atoms with E-state index in [1.807, 2.05) is 13.1 Å². The second-order valence-electron chi connectivity index (χ2n) is 20.3. The molecule has 1 N–H and O–H groups in total. The van der Waals surface area contributed by atoms with Crippen LogP contribution in [-0.4, -0.2) is 121 Å². The van der Waals surface area contributed by atoms with Crippen molar-refractivity contribution in [1.82, 2.24) is 0 Å². The normalized spacial score (nSPS) is 32.2. The van der Waals surface area contributed by atoms with E-state index in [-0.39, 0.29) is 5.97 Å². The zero-order valence-corrected chi connectivity index (χ0v) is 51.7. The molecule has 0 amide bonds. The number of carbonyl (C=O) groups excluding carboxylic acids is 1. The first-order valence-electron chi connectivity index (χ1n) is 20.8. The van der Waals surface area contributed by atoms with Gasteiger partial charge in [-0.25, -0.2) is 4.79 Å². The SMILES string of the molecule is C=C(C)C(=O)OCCC[Si]1(C)O[Si](C)(C)O[Si](C)(CC[Si](C)(C)O[Si](C)(C)O[Si](C)(C)CC[Si]2(C)O[SiH2]O[Si](C)(CC)O[Si](C)(CC[Si](C)(C)O)O2)O[Si](C)(C)O1. The van der Waals surface area contributed by atoms with Gasteiger partial charge in [0.15, 0.2) is 25.0 Å². The summed E-state index contributed by atoms with van der Waals surface area (Å²) in [6, 6.07) is 6.40. The molecule has 3 atom stereocenters. The van der Waals surface area contributed by atoms with Gasteiger partial charge in [0.1, 0.15) is 0 Å². The van der Waals surface area contributed by atoms with Gasteiger partial charge in [0.2, 0.25) is 0 Å². The van der Waals surface area contributed by atoms with E-state index in [0.717, 1.165) is 42.3 Å². The molecule has 0 aromatic heterocycles. The molecule has 2 rings (SSSR count). The molecule has 2 heterocycles. The van der Waals surface area contributed by atoms with Gasteiger partial charge in [-0.2, -0.15) is 0 Å². The van der Waals surface area contributed by atoms with Crippen molar-refractivity contribution >= 4 is 109 Å². The topological polar surface area (TPSA) is 139 Å². The lowest BCUT2D eigenvalue weighted by Gasteiger charge is -2.49. The van der Waals surface area contributed by atoms with Crippen molar-refractivity contribution in [1.29, 1.82) is 0 Å². The van der Waals surface area contributed by atoms with E-state index >= 15 is 0 Å². The number of carbonyl (C=O) groups is 1. The molecule has 2 fully saturated rings. The van der Waals surface area contributed by atoms with Crippen molar-refractivity contribution in [2.75, 3.05) is 6.61 Å². The van der Waals surface area contributed by atoms with Gasteiger partial charge in [-0.05, 0) is 173 Å². The molecule has 0 aromatic carbocycles. The van der Waals surface area contributed by atoms with Crippen molar-refractivity contribution in [3.63, 3.8) is 0 Å². The minimum Gasteiger partial charge on any atom is -0.462 e. The van der Waals surface area contributed by atoms with E-state index in [0.29, 0.717) is 24.6 Å². The van der Waals surface area contributed by atoms with E-state index in [4.69, 9.17) is 45.9 Å². The Morgan fingerprint density at radius 2 is 1.00 bits per heavy atom. The van der Waals surface area contributed by atoms with Gasteiger partial charge in [0.05, 0.1) is 6.61 Å². The molecule has 2 aliphatic heterocycles. The maximum absolute atomic E-state index is 11.9. The highest BCUT2D eigenvalue weighted by Gasteiger charge is 2.55. The lowest BCUT2D eigenvalue weighted by Crippen LogP contribution is -2.66. The second kappa shape index (κ2) is 20.0. The lowest BCUT2D eigenvalue weighted by atomic mass is 10.4. The number of hydrogen-bond acceptors (Lipinski definition) is 13. The van der Waals surface area contributed by atoms with Crippen molar-refractivity contribution in [2.45, 2.75) is 180 Å². The zero-order chi connectivity index (χ0) is 44.2. The molecule has 0 radical (unpaired) electrons. The molecule has 0 saturated carbocycles. The van der Waals surface area contributed by atoms with Crippen LogP contribution in [0.5, 0.6) is 0 Å². The second-order valence-corrected chi connectivity index (χ2v) is 64.0. The van der Waals surface area contributed by atoms with E-state index in [1.165, 1.54) is 0 Å². The van der Waals surface area contributed by atoms with E-state index in [1.54, 1.807) is 6.92 Å². The highest BCUT2D eigenvalue weighted by Crippen LogP contribution is 2.38. The number of ether oxygens (including phenoxy) is 1. The molecule has 0 aromatic rings. The minimum absolute atomic E-state index is 0.296. The fourth-order valence-electron chi connectivity index (χ4n) is 7.76. The summed E-state index contributed by atoms with van der Waals surface area (Å²) in [4.78, 5) is 22.6. The van der Waals surface area contributed by atoms with Crippen LogP contribution in [0, 0.1) is 0 Å². The fourth-order valence-corrected chi connectivity index (χ4v) is 69.0. The molecule has 0 bridgehead atoms. The summed E-state index contributed by atoms with van der Waals surface area (Å²) in [7, 11) is -29.0. The summed E-state index contributed by atoms with van der Waals surface area (Å²) in [6.07, 6.45) is 0.643. The summed E-state index contributed by atoms with van der Waals surface area (Å²) in [5.74, 6) is -0.376. The Kier molecular flexibility index (Phi) is 19.2. The molecule has 2 aliphatic rings. The summed E-state index contributed by atoms with van der Waals surface area (Å²) in [5.41, 5.74) is 0.392. The number of rotatable bonds is 19. The minimum atomic E-state index is -2.73. The highest BCUT2D eigenvalue weighted by molar-refractivity contribution is 6.94. The Hall–Kier alpha value is 1.37. The summed E-state index contributed by atoms with van der Waals surface area (Å²) < 4.78 is 74.4. The molecule has 57 heavy (non-hydrogen) atoms. The largest absolute Gasteiger partial charge is 0.462 e. The molecule has 3 unspecified atom stereocenters. The van der Waals surface area contributed by atoms with E-state index in [2.05, 4.69) is 112 Å². The summed E-state index contributed by atoms with van der Waals surface area (Å²) >= 11 is 0. The van der Waals surface area contributed by atoms with Crippen molar-refractivity contribution < 1.29 is 55.5 Å². The van der Waals surface area contributed by atoms with Gasteiger partial charge in [0, 0.05) is 5.57 Å². The molecule has 13 nitrogen and oxygen atoms in total. The first kappa shape index (κ1) is 54.5. The van der Waals surface area contributed by atoms with E-state index < -0.39 is 103 Å². The Bertz CT molecular complexity index is 1350. The van der Waals surface area contributed by atoms with E-state index in [9.17, 15) is 9.59 Å². The maximum Gasteiger partial charge on any atom is 0.333 e. The summed E-state index contributed by atoms with van der Waals surface area (Å²) in [5, 5.41) is 0. The van der Waals surface area contributed by atoms with Crippen LogP contribution in [0.4, 0.5) is 0 Å². The van der Waals surface area contributed by atoms with Crippen LogP contribution >= 0.6 is 0 Å². The predicted octanol–water partition coefficient (Wildman–Crippen LogP) is 8.78. The van der Waals surface area contributed by atoms with Crippen LogP contribution in [0.3, 0.4) is 0 Å². The molecular weight excluding hydrogens is 929 g/mol. The Balaban J connectivity index is 2.09. The van der Waals surface area contributed by atoms with Crippen molar-refractivity contribution in [3.05, 3.63) is 12.2 Å². The first-order chi connectivity index (χ1) is 25.4. The Labute approximate surface area is 361 Å². The predicted molar refractivity (Wildman–Crippen MR) is 259 cm³/mol. The number of hydrogen-bond donors (Lipinski definition) is 1. The van der Waals surface area contributed by atoms with Crippen LogP contribution < -0.4 is 0 Å². The van der Waals surface area contributed by atoms with Crippen LogP contribution in [0.2, 0.25) is 160 Å². The van der Waals surface area contributed by atoms with Crippen LogP contribution in [0.1, 0.15) is 20.3 Å². The average molecular weight is 1010 g/mol. The monoisotopic (exact) mass is 1010 g/mol. The van der Waals surface area contributed by atoms with Crippen LogP contribution in [0.25, 0.3) is 0 Å². The van der Waals surface area contributed by atoms with Crippen LogP contribution in [0.15, 0.2) is 12.2 Å².